The number of alkyl halides is 3. The van der Waals surface area contributed by atoms with Gasteiger partial charge in [0.2, 0.25) is 5.69 Å². The van der Waals surface area contributed by atoms with Crippen LogP contribution in [0.15, 0.2) is 36.7 Å². The highest BCUT2D eigenvalue weighted by Gasteiger charge is 2.30. The molecule has 1 heterocycles. The second kappa shape index (κ2) is 4.94. The Hall–Kier alpha value is -2.62. The Morgan fingerprint density at radius 2 is 1.89 bits per heavy atom. The highest BCUT2D eigenvalue weighted by atomic mass is 19.4. The molecule has 0 radical (unpaired) electrons. The Kier molecular flexibility index (Phi) is 3.33. The molecular formula is C12H6F3N3O. The summed E-state index contributed by atoms with van der Waals surface area (Å²) in [6.45, 7) is 0. The van der Waals surface area contributed by atoms with Crippen molar-refractivity contribution >= 4 is 0 Å². The molecule has 0 unspecified atom stereocenters. The molecule has 1 aromatic heterocycles. The molecule has 0 bridgehead atoms. The number of rotatable bonds is 2. The molecule has 0 aliphatic heterocycles. The van der Waals surface area contributed by atoms with E-state index in [1.54, 1.807) is 6.07 Å². The summed E-state index contributed by atoms with van der Waals surface area (Å²) < 4.78 is 42.7. The van der Waals surface area contributed by atoms with Crippen LogP contribution in [0.25, 0.3) is 0 Å². The van der Waals surface area contributed by atoms with Crippen molar-refractivity contribution in [2.24, 2.45) is 0 Å². The molecule has 0 spiro atoms. The summed E-state index contributed by atoms with van der Waals surface area (Å²) in [5, 5.41) is 8.77. The van der Waals surface area contributed by atoms with Gasteiger partial charge in [0, 0.05) is 12.4 Å². The first-order valence-electron chi connectivity index (χ1n) is 5.07. The molecule has 96 valence electrons. The molecule has 0 fully saturated rings. The Bertz CT molecular complexity index is 635. The minimum atomic E-state index is -4.46. The number of hydrogen-bond acceptors (Lipinski definition) is 4. The summed E-state index contributed by atoms with van der Waals surface area (Å²) in [7, 11) is 0. The second-order valence-corrected chi connectivity index (χ2v) is 3.45. The van der Waals surface area contributed by atoms with Gasteiger partial charge in [0.1, 0.15) is 11.8 Å². The van der Waals surface area contributed by atoms with E-state index in [0.29, 0.717) is 0 Å². The van der Waals surface area contributed by atoms with Crippen LogP contribution < -0.4 is 4.74 Å². The standard InChI is InChI=1S/C12H6F3N3O/c13-12(14,15)8-2-1-3-9(6-8)19-11-10(7-16)17-4-5-18-11/h1-6H. The van der Waals surface area contributed by atoms with Gasteiger partial charge >= 0.3 is 6.18 Å². The minimum absolute atomic E-state index is 0.0631. The van der Waals surface area contributed by atoms with Crippen LogP contribution in [-0.4, -0.2) is 9.97 Å². The van der Waals surface area contributed by atoms with Crippen LogP contribution in [0, 0.1) is 11.3 Å². The van der Waals surface area contributed by atoms with E-state index >= 15 is 0 Å². The van der Waals surface area contributed by atoms with Gasteiger partial charge in [0.05, 0.1) is 5.56 Å². The van der Waals surface area contributed by atoms with Crippen molar-refractivity contribution in [1.29, 1.82) is 5.26 Å². The summed E-state index contributed by atoms with van der Waals surface area (Å²) in [4.78, 5) is 7.44. The van der Waals surface area contributed by atoms with Crippen LogP contribution in [0.5, 0.6) is 11.6 Å². The predicted octanol–water partition coefficient (Wildman–Crippen LogP) is 3.16. The highest BCUT2D eigenvalue weighted by Crippen LogP contribution is 2.32. The average Bonchev–Trinajstić information content (AvgIpc) is 2.39. The Morgan fingerprint density at radius 1 is 1.16 bits per heavy atom. The lowest BCUT2D eigenvalue weighted by Crippen LogP contribution is -2.04. The fourth-order valence-corrected chi connectivity index (χ4v) is 1.32. The maximum absolute atomic E-state index is 12.5. The van der Waals surface area contributed by atoms with E-state index in [2.05, 4.69) is 9.97 Å². The second-order valence-electron chi connectivity index (χ2n) is 3.45. The van der Waals surface area contributed by atoms with Crippen LogP contribution in [0.1, 0.15) is 11.3 Å². The van der Waals surface area contributed by atoms with Crippen LogP contribution in [0.4, 0.5) is 13.2 Å². The number of halogens is 3. The number of nitriles is 1. The minimum Gasteiger partial charge on any atom is -0.436 e. The van der Waals surface area contributed by atoms with Crippen molar-refractivity contribution in [1.82, 2.24) is 9.97 Å². The Morgan fingerprint density at radius 3 is 2.58 bits per heavy atom. The first kappa shape index (κ1) is 12.8. The monoisotopic (exact) mass is 265 g/mol. The fraction of sp³-hybridized carbons (Fsp3) is 0.0833. The van der Waals surface area contributed by atoms with Crippen molar-refractivity contribution in [2.75, 3.05) is 0 Å². The topological polar surface area (TPSA) is 58.8 Å². The first-order chi connectivity index (χ1) is 9.00. The Labute approximate surface area is 106 Å². The van der Waals surface area contributed by atoms with Crippen LogP contribution in [0.2, 0.25) is 0 Å². The van der Waals surface area contributed by atoms with Gasteiger partial charge in [-0.05, 0) is 18.2 Å². The van der Waals surface area contributed by atoms with Crippen LogP contribution in [0.3, 0.4) is 0 Å². The van der Waals surface area contributed by atoms with Crippen molar-refractivity contribution in [3.05, 3.63) is 47.9 Å². The quantitative estimate of drug-likeness (QED) is 0.836. The smallest absolute Gasteiger partial charge is 0.416 e. The van der Waals surface area contributed by atoms with E-state index < -0.39 is 11.7 Å². The Balaban J connectivity index is 2.32. The van der Waals surface area contributed by atoms with Crippen LogP contribution >= 0.6 is 0 Å². The first-order valence-corrected chi connectivity index (χ1v) is 5.07. The lowest BCUT2D eigenvalue weighted by Gasteiger charge is -2.09. The van der Waals surface area contributed by atoms with Crippen molar-refractivity contribution < 1.29 is 17.9 Å². The van der Waals surface area contributed by atoms with E-state index in [1.807, 2.05) is 0 Å². The molecule has 1 aromatic carbocycles. The van der Waals surface area contributed by atoms with E-state index in [4.69, 9.17) is 10.00 Å². The summed E-state index contributed by atoms with van der Waals surface area (Å²) in [6, 6.07) is 6.04. The van der Waals surface area contributed by atoms with Gasteiger partial charge < -0.3 is 4.74 Å². The molecule has 0 aliphatic carbocycles. The molecule has 2 rings (SSSR count). The number of nitrogens with zero attached hydrogens (tertiary/aromatic N) is 3. The van der Waals surface area contributed by atoms with Crippen molar-refractivity contribution in [3.8, 4) is 17.7 Å². The summed E-state index contributed by atoms with van der Waals surface area (Å²) in [5.41, 5.74) is -0.938. The molecule has 0 N–H and O–H groups in total. The summed E-state index contributed by atoms with van der Waals surface area (Å²) >= 11 is 0. The molecule has 19 heavy (non-hydrogen) atoms. The number of aromatic nitrogens is 2. The molecular weight excluding hydrogens is 259 g/mol. The van der Waals surface area contributed by atoms with Gasteiger partial charge in [-0.1, -0.05) is 6.07 Å². The SMILES string of the molecule is N#Cc1nccnc1Oc1cccc(C(F)(F)F)c1. The van der Waals surface area contributed by atoms with E-state index in [-0.39, 0.29) is 17.3 Å². The normalized spacial score (nSPS) is 10.8. The maximum atomic E-state index is 12.5. The number of benzene rings is 1. The predicted molar refractivity (Wildman–Crippen MR) is 58.3 cm³/mol. The maximum Gasteiger partial charge on any atom is 0.416 e. The zero-order valence-electron chi connectivity index (χ0n) is 9.35. The molecule has 7 heteroatoms. The highest BCUT2D eigenvalue weighted by molar-refractivity contribution is 5.37. The van der Waals surface area contributed by atoms with Crippen molar-refractivity contribution in [2.45, 2.75) is 6.18 Å². The van der Waals surface area contributed by atoms with Crippen LogP contribution in [-0.2, 0) is 6.18 Å². The van der Waals surface area contributed by atoms with Gasteiger partial charge in [-0.15, -0.1) is 0 Å². The molecule has 0 aliphatic rings. The van der Waals surface area contributed by atoms with E-state index in [1.165, 1.54) is 24.5 Å². The molecule has 0 amide bonds. The third-order valence-electron chi connectivity index (χ3n) is 2.15. The van der Waals surface area contributed by atoms with Gasteiger partial charge in [0.25, 0.3) is 5.88 Å². The van der Waals surface area contributed by atoms with Gasteiger partial charge in [-0.25, -0.2) is 9.97 Å². The van der Waals surface area contributed by atoms with Gasteiger partial charge in [-0.3, -0.25) is 0 Å². The molecule has 0 saturated carbocycles. The molecule has 4 nitrogen and oxygen atoms in total. The largest absolute Gasteiger partial charge is 0.436 e. The van der Waals surface area contributed by atoms with Gasteiger partial charge in [-0.2, -0.15) is 18.4 Å². The van der Waals surface area contributed by atoms with Gasteiger partial charge in [0.15, 0.2) is 0 Å². The molecule has 2 aromatic rings. The molecule has 0 saturated heterocycles. The number of ether oxygens (including phenoxy) is 1. The van der Waals surface area contributed by atoms with Crippen molar-refractivity contribution in [3.63, 3.8) is 0 Å². The summed E-state index contributed by atoms with van der Waals surface area (Å²) in [6.07, 6.45) is -1.89. The fourth-order valence-electron chi connectivity index (χ4n) is 1.32. The molecule has 0 atom stereocenters. The zero-order chi connectivity index (χ0) is 13.9. The third kappa shape index (κ3) is 2.98. The lowest BCUT2D eigenvalue weighted by molar-refractivity contribution is -0.137. The van der Waals surface area contributed by atoms with E-state index in [9.17, 15) is 13.2 Å². The third-order valence-corrected chi connectivity index (χ3v) is 2.15. The summed E-state index contributed by atoms with van der Waals surface area (Å²) in [5.74, 6) is -0.198. The van der Waals surface area contributed by atoms with E-state index in [0.717, 1.165) is 12.1 Å². The lowest BCUT2D eigenvalue weighted by atomic mass is 10.2. The zero-order valence-corrected chi connectivity index (χ0v) is 9.35. The average molecular weight is 265 g/mol. The number of hydrogen-bond donors (Lipinski definition) is 0.